The van der Waals surface area contributed by atoms with E-state index in [1.165, 1.54) is 18.2 Å². The lowest BCUT2D eigenvalue weighted by Gasteiger charge is -1.97. The van der Waals surface area contributed by atoms with Crippen molar-refractivity contribution in [2.45, 2.75) is 12.8 Å². The molecule has 12 nitrogen and oxygen atoms in total. The number of carbonyl (C=O) groups excluding carboxylic acids is 1. The highest BCUT2D eigenvalue weighted by Crippen LogP contribution is 2.12. The highest BCUT2D eigenvalue weighted by atomic mass is 16.1. The first-order valence-corrected chi connectivity index (χ1v) is 11.9. The van der Waals surface area contributed by atoms with Crippen LogP contribution < -0.4 is 5.73 Å². The lowest BCUT2D eigenvalue weighted by atomic mass is 10.1. The fraction of sp³-hybridized carbons (Fsp3) is 0.0741. The molecular formula is C27H25N11O. The average molecular weight is 520 g/mol. The van der Waals surface area contributed by atoms with Crippen LogP contribution in [0.4, 0.5) is 5.95 Å². The molecule has 0 unspecified atom stereocenters. The maximum Gasteiger partial charge on any atom is 0.239 e. The fourth-order valence-corrected chi connectivity index (χ4v) is 3.22. The number of nitrogens with one attached hydrogen (secondary N) is 2. The van der Waals surface area contributed by atoms with Crippen molar-refractivity contribution in [3.8, 4) is 22.8 Å². The Morgan fingerprint density at radius 1 is 0.692 bits per heavy atom. The minimum atomic E-state index is 0.217. The minimum absolute atomic E-state index is 0.217. The van der Waals surface area contributed by atoms with Gasteiger partial charge in [0.2, 0.25) is 5.95 Å². The van der Waals surface area contributed by atoms with E-state index in [-0.39, 0.29) is 5.95 Å². The van der Waals surface area contributed by atoms with Crippen molar-refractivity contribution in [1.29, 1.82) is 0 Å². The number of nitrogens with zero attached hydrogens (tertiary/aromatic N) is 8. The predicted octanol–water partition coefficient (Wildman–Crippen LogP) is 3.39. The summed E-state index contributed by atoms with van der Waals surface area (Å²) in [6.45, 7) is 0. The number of aryl methyl sites for hydroxylation is 2. The third-order valence-electron chi connectivity index (χ3n) is 5.12. The van der Waals surface area contributed by atoms with Crippen molar-refractivity contribution < 1.29 is 4.79 Å². The fourth-order valence-electron chi connectivity index (χ4n) is 3.22. The van der Waals surface area contributed by atoms with Gasteiger partial charge in [-0.1, -0.05) is 60.7 Å². The van der Waals surface area contributed by atoms with Crippen molar-refractivity contribution in [2.75, 3.05) is 5.73 Å². The lowest BCUT2D eigenvalue weighted by molar-refractivity contribution is 0.112. The second-order valence-electron chi connectivity index (χ2n) is 7.92. The molecule has 0 fully saturated rings. The monoisotopic (exact) mass is 519 g/mol. The summed E-state index contributed by atoms with van der Waals surface area (Å²) < 4.78 is 0. The summed E-state index contributed by atoms with van der Waals surface area (Å²) in [6.07, 6.45) is 12.2. The van der Waals surface area contributed by atoms with Crippen molar-refractivity contribution in [1.82, 2.24) is 50.3 Å². The predicted molar refractivity (Wildman–Crippen MR) is 145 cm³/mol. The average Bonchev–Trinajstić information content (AvgIpc) is 3.68. The van der Waals surface area contributed by atoms with E-state index in [1.54, 1.807) is 36.9 Å². The van der Waals surface area contributed by atoms with Crippen LogP contribution in [0.3, 0.4) is 0 Å². The number of benzene rings is 2. The summed E-state index contributed by atoms with van der Waals surface area (Å²) in [7, 11) is 0. The quantitative estimate of drug-likeness (QED) is 0.276. The summed E-state index contributed by atoms with van der Waals surface area (Å²) >= 11 is 0. The third kappa shape index (κ3) is 8.46. The van der Waals surface area contributed by atoms with Gasteiger partial charge in [-0.25, -0.2) is 24.9 Å². The van der Waals surface area contributed by atoms with Crippen LogP contribution in [0.25, 0.3) is 22.8 Å². The molecule has 6 rings (SSSR count). The standard InChI is InChI=1S/C14H13N5.C7H6O.C6H6N6/c1-2-4-11(5-3-1)6-7-13-17-14(19-18-13)12-8-15-10-16-9-12;8-6-7-4-2-1-3-5-7;7-6-10-5(11-12-6)4-1-8-3-9-2-4/h1-5,8-10H,6-7H2,(H,17,18,19);1-6H;1-3H,(H3,7,10,11,12). The molecule has 4 N–H and O–H groups in total. The molecule has 194 valence electrons. The van der Waals surface area contributed by atoms with Gasteiger partial charge in [-0.2, -0.15) is 10.1 Å². The van der Waals surface area contributed by atoms with E-state index in [1.807, 2.05) is 36.4 Å². The van der Waals surface area contributed by atoms with Gasteiger partial charge < -0.3 is 5.73 Å². The van der Waals surface area contributed by atoms with Gasteiger partial charge in [0.25, 0.3) is 0 Å². The maximum absolute atomic E-state index is 10.0. The number of hydrogen-bond donors (Lipinski definition) is 3. The van der Waals surface area contributed by atoms with Crippen LogP contribution >= 0.6 is 0 Å². The number of aldehydes is 1. The third-order valence-corrected chi connectivity index (χ3v) is 5.12. The van der Waals surface area contributed by atoms with Crippen LogP contribution in [0, 0.1) is 0 Å². The van der Waals surface area contributed by atoms with E-state index >= 15 is 0 Å². The molecule has 12 heteroatoms. The van der Waals surface area contributed by atoms with Crippen LogP contribution in [-0.2, 0) is 12.8 Å². The molecule has 39 heavy (non-hydrogen) atoms. The molecule has 4 aromatic heterocycles. The largest absolute Gasteiger partial charge is 0.366 e. The molecule has 0 bridgehead atoms. The number of H-pyrrole nitrogens is 2. The Labute approximate surface area is 223 Å². The molecule has 0 aliphatic heterocycles. The molecule has 0 aliphatic carbocycles. The SMILES string of the molecule is Nc1n[nH]c(-c2cncnc2)n1.O=Cc1ccccc1.c1ccc(CCc2nc(-c3cncnc3)n[nH]2)cc1. The summed E-state index contributed by atoms with van der Waals surface area (Å²) in [5.41, 5.74) is 8.93. The zero-order chi connectivity index (χ0) is 27.1. The van der Waals surface area contributed by atoms with Crippen LogP contribution in [0.15, 0.2) is 98.1 Å². The molecular weight excluding hydrogens is 494 g/mol. The Morgan fingerprint density at radius 2 is 1.31 bits per heavy atom. The molecule has 2 aromatic carbocycles. The number of nitrogens with two attached hydrogens (primary N) is 1. The number of nitrogen functional groups attached to an aromatic ring is 1. The van der Waals surface area contributed by atoms with Gasteiger partial charge in [0.15, 0.2) is 11.6 Å². The summed E-state index contributed by atoms with van der Waals surface area (Å²) in [5, 5.41) is 13.5. The molecule has 6 aromatic rings. The number of rotatable bonds is 6. The van der Waals surface area contributed by atoms with E-state index < -0.39 is 0 Å². The van der Waals surface area contributed by atoms with E-state index in [4.69, 9.17) is 5.73 Å². The summed E-state index contributed by atoms with van der Waals surface area (Å²) in [6, 6.07) is 19.4. The molecule has 0 atom stereocenters. The van der Waals surface area contributed by atoms with E-state index in [9.17, 15) is 4.79 Å². The van der Waals surface area contributed by atoms with Gasteiger partial charge in [-0.05, 0) is 12.0 Å². The first-order chi connectivity index (χ1) is 19.2. The van der Waals surface area contributed by atoms with Gasteiger partial charge in [-0.3, -0.25) is 15.0 Å². The maximum atomic E-state index is 10.0. The number of anilines is 1. The Balaban J connectivity index is 0.000000150. The minimum Gasteiger partial charge on any atom is -0.366 e. The Hall–Kier alpha value is -5.65. The first kappa shape index (κ1) is 26.4. The molecule has 0 aliphatic rings. The van der Waals surface area contributed by atoms with E-state index in [2.05, 4.69) is 62.4 Å². The summed E-state index contributed by atoms with van der Waals surface area (Å²) in [4.78, 5) is 33.9. The number of aromatic nitrogens is 10. The van der Waals surface area contributed by atoms with Crippen LogP contribution in [-0.4, -0.2) is 56.6 Å². The van der Waals surface area contributed by atoms with Gasteiger partial charge in [-0.15, -0.1) is 5.10 Å². The number of hydrogen-bond acceptors (Lipinski definition) is 10. The number of carbonyl (C=O) groups is 1. The number of aromatic amines is 2. The van der Waals surface area contributed by atoms with E-state index in [0.717, 1.165) is 41.6 Å². The van der Waals surface area contributed by atoms with Crippen molar-refractivity contribution >= 4 is 12.2 Å². The molecule has 0 saturated heterocycles. The molecule has 4 heterocycles. The first-order valence-electron chi connectivity index (χ1n) is 11.9. The van der Waals surface area contributed by atoms with Crippen LogP contribution in [0.1, 0.15) is 21.7 Å². The van der Waals surface area contributed by atoms with Gasteiger partial charge >= 0.3 is 0 Å². The Bertz CT molecular complexity index is 1520. The van der Waals surface area contributed by atoms with Crippen LogP contribution in [0.2, 0.25) is 0 Å². The topological polar surface area (TPSA) is 178 Å². The van der Waals surface area contributed by atoms with Crippen LogP contribution in [0.5, 0.6) is 0 Å². The smallest absolute Gasteiger partial charge is 0.239 e. The molecule has 0 saturated carbocycles. The zero-order valence-corrected chi connectivity index (χ0v) is 20.8. The highest BCUT2D eigenvalue weighted by molar-refractivity contribution is 5.74. The van der Waals surface area contributed by atoms with Gasteiger partial charge in [0.05, 0.1) is 11.1 Å². The van der Waals surface area contributed by atoms with E-state index in [0.29, 0.717) is 11.6 Å². The Morgan fingerprint density at radius 3 is 1.87 bits per heavy atom. The summed E-state index contributed by atoms with van der Waals surface area (Å²) in [5.74, 6) is 2.31. The molecule has 0 radical (unpaired) electrons. The Kier molecular flexibility index (Phi) is 9.60. The second kappa shape index (κ2) is 14.2. The molecule has 0 spiro atoms. The van der Waals surface area contributed by atoms with Crippen molar-refractivity contribution in [2.24, 2.45) is 0 Å². The normalized spacial score (nSPS) is 9.95. The zero-order valence-electron chi connectivity index (χ0n) is 20.8. The molecule has 0 amide bonds. The van der Waals surface area contributed by atoms with Crippen molar-refractivity contribution in [3.63, 3.8) is 0 Å². The van der Waals surface area contributed by atoms with Gasteiger partial charge in [0.1, 0.15) is 24.8 Å². The van der Waals surface area contributed by atoms with Gasteiger partial charge in [0, 0.05) is 36.8 Å². The highest BCUT2D eigenvalue weighted by Gasteiger charge is 2.06. The lowest BCUT2D eigenvalue weighted by Crippen LogP contribution is -1.93. The second-order valence-corrected chi connectivity index (χ2v) is 7.92. The van der Waals surface area contributed by atoms with Crippen molar-refractivity contribution in [3.05, 3.63) is 115 Å².